The van der Waals surface area contributed by atoms with E-state index in [9.17, 15) is 0 Å². The van der Waals surface area contributed by atoms with Crippen molar-refractivity contribution in [3.63, 3.8) is 0 Å². The molecule has 0 aromatic carbocycles. The van der Waals surface area contributed by atoms with E-state index in [-0.39, 0.29) is 0 Å². The summed E-state index contributed by atoms with van der Waals surface area (Å²) >= 11 is 0. The van der Waals surface area contributed by atoms with E-state index in [0.717, 1.165) is 11.4 Å². The van der Waals surface area contributed by atoms with Crippen molar-refractivity contribution in [3.8, 4) is 0 Å². The maximum atomic E-state index is 4.07. The lowest BCUT2D eigenvalue weighted by Crippen LogP contribution is -2.23. The van der Waals surface area contributed by atoms with Crippen LogP contribution in [-0.4, -0.2) is 9.13 Å². The lowest BCUT2D eigenvalue weighted by molar-refractivity contribution is -0.670. The van der Waals surface area contributed by atoms with Gasteiger partial charge in [-0.25, -0.2) is 9.13 Å². The van der Waals surface area contributed by atoms with Crippen molar-refractivity contribution in [1.82, 2.24) is 9.13 Å². The summed E-state index contributed by atoms with van der Waals surface area (Å²) in [5, 5.41) is 0. The fourth-order valence-corrected chi connectivity index (χ4v) is 1.50. The fraction of sp³-hybridized carbons (Fsp3) is 0.182. The van der Waals surface area contributed by atoms with Gasteiger partial charge in [-0.05, 0) is 18.7 Å². The summed E-state index contributed by atoms with van der Waals surface area (Å²) in [4.78, 5) is 0. The highest BCUT2D eigenvalue weighted by Crippen LogP contribution is 2.13. The summed E-state index contributed by atoms with van der Waals surface area (Å²) in [5.74, 6) is 0. The van der Waals surface area contributed by atoms with Crippen LogP contribution in [0.4, 0.5) is 0 Å². The molecule has 2 heterocycles. The standard InChI is InChI=1S/C11H14N3/c1-10(11-5-4-6-13(11)3)14-8-7-12(2)9-14/h4-9H,1H2,2-3H3/q+1. The number of rotatable bonds is 2. The van der Waals surface area contributed by atoms with Crippen LogP contribution < -0.4 is 4.57 Å². The number of aromatic nitrogens is 3. The number of imidazole rings is 1. The second-order valence-corrected chi connectivity index (χ2v) is 3.44. The lowest BCUT2D eigenvalue weighted by Gasteiger charge is -2.02. The van der Waals surface area contributed by atoms with Crippen molar-refractivity contribution in [1.29, 1.82) is 0 Å². The zero-order valence-electron chi connectivity index (χ0n) is 8.51. The molecule has 0 radical (unpaired) electrons. The molecule has 0 atom stereocenters. The molecular formula is C11H14N3+. The predicted molar refractivity (Wildman–Crippen MR) is 55.5 cm³/mol. The van der Waals surface area contributed by atoms with E-state index in [1.807, 2.05) is 54.2 Å². The van der Waals surface area contributed by atoms with Crippen LogP contribution in [-0.2, 0) is 14.1 Å². The smallest absolute Gasteiger partial charge is 0.248 e. The van der Waals surface area contributed by atoms with Crippen LogP contribution in [0, 0.1) is 0 Å². The molecule has 0 aliphatic heterocycles. The molecule has 0 N–H and O–H groups in total. The Morgan fingerprint density at radius 2 is 2.21 bits per heavy atom. The van der Waals surface area contributed by atoms with E-state index in [4.69, 9.17) is 0 Å². The highest BCUT2D eigenvalue weighted by atomic mass is 15.1. The number of nitrogens with zero attached hydrogens (tertiary/aromatic N) is 3. The molecule has 0 fully saturated rings. The van der Waals surface area contributed by atoms with Gasteiger partial charge in [-0.1, -0.05) is 0 Å². The lowest BCUT2D eigenvalue weighted by atomic mass is 10.3. The van der Waals surface area contributed by atoms with Gasteiger partial charge in [0.25, 0.3) is 0 Å². The van der Waals surface area contributed by atoms with Crippen molar-refractivity contribution in [2.75, 3.05) is 0 Å². The number of aryl methyl sites for hydroxylation is 2. The van der Waals surface area contributed by atoms with E-state index in [0.29, 0.717) is 0 Å². The van der Waals surface area contributed by atoms with Crippen LogP contribution >= 0.6 is 0 Å². The first-order chi connectivity index (χ1) is 6.68. The van der Waals surface area contributed by atoms with Crippen molar-refractivity contribution in [2.45, 2.75) is 0 Å². The van der Waals surface area contributed by atoms with Crippen LogP contribution in [0.3, 0.4) is 0 Å². The van der Waals surface area contributed by atoms with E-state index >= 15 is 0 Å². The predicted octanol–water partition coefficient (Wildman–Crippen LogP) is 1.17. The largest absolute Gasteiger partial charge is 0.348 e. The van der Waals surface area contributed by atoms with Crippen LogP contribution in [0.1, 0.15) is 5.69 Å². The van der Waals surface area contributed by atoms with Gasteiger partial charge in [-0.15, -0.1) is 0 Å². The van der Waals surface area contributed by atoms with Gasteiger partial charge in [0.1, 0.15) is 18.1 Å². The Hall–Kier alpha value is -1.77. The van der Waals surface area contributed by atoms with Gasteiger partial charge in [0.2, 0.25) is 6.33 Å². The summed E-state index contributed by atoms with van der Waals surface area (Å²) in [6.07, 6.45) is 8.00. The Labute approximate surface area is 83.5 Å². The first-order valence-electron chi connectivity index (χ1n) is 4.52. The molecule has 3 nitrogen and oxygen atoms in total. The van der Waals surface area contributed by atoms with Crippen LogP contribution in [0.25, 0.3) is 5.70 Å². The molecule has 72 valence electrons. The average molecular weight is 188 g/mol. The van der Waals surface area contributed by atoms with E-state index in [1.54, 1.807) is 0 Å². The number of hydrogen-bond acceptors (Lipinski definition) is 0. The Kier molecular flexibility index (Phi) is 2.00. The van der Waals surface area contributed by atoms with Crippen molar-refractivity contribution in [3.05, 3.63) is 49.3 Å². The van der Waals surface area contributed by atoms with Crippen LogP contribution in [0.5, 0.6) is 0 Å². The van der Waals surface area contributed by atoms with Crippen molar-refractivity contribution >= 4 is 5.70 Å². The van der Waals surface area contributed by atoms with Gasteiger partial charge in [0, 0.05) is 13.2 Å². The summed E-state index contributed by atoms with van der Waals surface area (Å²) in [6, 6.07) is 4.08. The quantitative estimate of drug-likeness (QED) is 0.628. The zero-order valence-corrected chi connectivity index (χ0v) is 8.51. The molecule has 0 spiro atoms. The van der Waals surface area contributed by atoms with E-state index < -0.39 is 0 Å². The molecular weight excluding hydrogens is 174 g/mol. The van der Waals surface area contributed by atoms with E-state index in [1.165, 1.54) is 0 Å². The molecule has 0 aliphatic rings. The minimum atomic E-state index is 0.984. The third-order valence-electron chi connectivity index (χ3n) is 2.32. The Morgan fingerprint density at radius 1 is 1.43 bits per heavy atom. The Bertz CT molecular complexity index is 462. The van der Waals surface area contributed by atoms with Gasteiger partial charge in [0.05, 0.1) is 12.7 Å². The molecule has 2 aromatic heterocycles. The van der Waals surface area contributed by atoms with Crippen molar-refractivity contribution < 1.29 is 4.57 Å². The maximum Gasteiger partial charge on any atom is 0.248 e. The Balaban J connectivity index is 2.38. The number of hydrogen-bond donors (Lipinski definition) is 0. The molecule has 0 amide bonds. The third-order valence-corrected chi connectivity index (χ3v) is 2.32. The Morgan fingerprint density at radius 3 is 2.71 bits per heavy atom. The fourth-order valence-electron chi connectivity index (χ4n) is 1.50. The molecule has 3 heteroatoms. The summed E-state index contributed by atoms with van der Waals surface area (Å²) in [7, 11) is 4.01. The zero-order chi connectivity index (χ0) is 10.1. The molecule has 0 saturated heterocycles. The van der Waals surface area contributed by atoms with Crippen molar-refractivity contribution in [2.24, 2.45) is 14.1 Å². The molecule has 0 unspecified atom stereocenters. The summed E-state index contributed by atoms with van der Waals surface area (Å²) in [6.45, 7) is 4.07. The van der Waals surface area contributed by atoms with Gasteiger partial charge >= 0.3 is 0 Å². The highest BCUT2D eigenvalue weighted by Gasteiger charge is 2.09. The minimum Gasteiger partial charge on any atom is -0.348 e. The molecule has 0 aliphatic carbocycles. The second kappa shape index (κ2) is 3.18. The van der Waals surface area contributed by atoms with Gasteiger partial charge in [0.15, 0.2) is 0 Å². The summed E-state index contributed by atoms with van der Waals surface area (Å²) in [5.41, 5.74) is 2.11. The van der Waals surface area contributed by atoms with Gasteiger partial charge < -0.3 is 4.57 Å². The second-order valence-electron chi connectivity index (χ2n) is 3.44. The molecule has 2 aromatic rings. The normalized spacial score (nSPS) is 10.4. The molecule has 0 bridgehead atoms. The molecule has 2 rings (SSSR count). The topological polar surface area (TPSA) is 13.7 Å². The molecule has 0 saturated carbocycles. The van der Waals surface area contributed by atoms with Crippen LogP contribution in [0.15, 0.2) is 43.6 Å². The van der Waals surface area contributed by atoms with Gasteiger partial charge in [-0.3, -0.25) is 0 Å². The first kappa shape index (κ1) is 8.81. The van der Waals surface area contributed by atoms with E-state index in [2.05, 4.69) is 17.2 Å². The third kappa shape index (κ3) is 1.37. The highest BCUT2D eigenvalue weighted by molar-refractivity contribution is 5.60. The first-order valence-corrected chi connectivity index (χ1v) is 4.52. The van der Waals surface area contributed by atoms with Gasteiger partial charge in [-0.2, -0.15) is 0 Å². The maximum absolute atomic E-state index is 4.07. The SMILES string of the molecule is C=C(c1cccn1C)n1cc[n+](C)c1. The molecule has 14 heavy (non-hydrogen) atoms. The minimum absolute atomic E-state index is 0.984. The summed E-state index contributed by atoms with van der Waals surface area (Å²) < 4.78 is 6.06. The average Bonchev–Trinajstić information content (AvgIpc) is 2.73. The monoisotopic (exact) mass is 188 g/mol. The van der Waals surface area contributed by atoms with Crippen LogP contribution in [0.2, 0.25) is 0 Å².